The molecule has 2 atom stereocenters. The SMILES string of the molecule is C[C@@H]1CNC[C@H]1c1nncn1C. The van der Waals surface area contributed by atoms with Gasteiger partial charge in [0.15, 0.2) is 0 Å². The van der Waals surface area contributed by atoms with Gasteiger partial charge in [-0.25, -0.2) is 0 Å². The van der Waals surface area contributed by atoms with Crippen LogP contribution in [-0.4, -0.2) is 27.9 Å². The van der Waals surface area contributed by atoms with E-state index in [1.54, 1.807) is 6.33 Å². The van der Waals surface area contributed by atoms with E-state index in [1.165, 1.54) is 0 Å². The highest BCUT2D eigenvalue weighted by Gasteiger charge is 2.27. The number of aryl methyl sites for hydroxylation is 1. The quantitative estimate of drug-likeness (QED) is 0.645. The largest absolute Gasteiger partial charge is 0.320 e. The molecule has 0 aromatic carbocycles. The first-order valence-corrected chi connectivity index (χ1v) is 4.33. The van der Waals surface area contributed by atoms with E-state index in [1.807, 2.05) is 11.6 Å². The average molecular weight is 166 g/mol. The molecular formula is C8H14N4. The van der Waals surface area contributed by atoms with Crippen LogP contribution in [0.4, 0.5) is 0 Å². The van der Waals surface area contributed by atoms with E-state index in [2.05, 4.69) is 22.4 Å². The molecular weight excluding hydrogens is 152 g/mol. The average Bonchev–Trinajstić information content (AvgIpc) is 2.59. The van der Waals surface area contributed by atoms with Crippen LogP contribution in [0.25, 0.3) is 0 Å². The van der Waals surface area contributed by atoms with Crippen LogP contribution in [-0.2, 0) is 7.05 Å². The first-order chi connectivity index (χ1) is 5.79. The van der Waals surface area contributed by atoms with Gasteiger partial charge in [-0.2, -0.15) is 0 Å². The smallest absolute Gasteiger partial charge is 0.137 e. The Morgan fingerprint density at radius 2 is 2.42 bits per heavy atom. The van der Waals surface area contributed by atoms with Crippen LogP contribution in [0, 0.1) is 5.92 Å². The highest BCUT2D eigenvalue weighted by molar-refractivity contribution is 5.02. The molecule has 4 nitrogen and oxygen atoms in total. The Labute approximate surface area is 72.0 Å². The van der Waals surface area contributed by atoms with Crippen LogP contribution in [0.15, 0.2) is 6.33 Å². The lowest BCUT2D eigenvalue weighted by Gasteiger charge is -2.11. The second-order valence-corrected chi connectivity index (χ2v) is 3.54. The predicted octanol–water partition coefficient (Wildman–Crippen LogP) is 0.138. The highest BCUT2D eigenvalue weighted by Crippen LogP contribution is 2.24. The van der Waals surface area contributed by atoms with Crippen molar-refractivity contribution in [2.24, 2.45) is 13.0 Å². The van der Waals surface area contributed by atoms with Gasteiger partial charge in [-0.15, -0.1) is 10.2 Å². The molecule has 0 spiro atoms. The summed E-state index contributed by atoms with van der Waals surface area (Å²) in [6.45, 7) is 4.38. The Bertz CT molecular complexity index is 268. The highest BCUT2D eigenvalue weighted by atomic mass is 15.3. The number of hydrogen-bond acceptors (Lipinski definition) is 3. The van der Waals surface area contributed by atoms with Crippen molar-refractivity contribution < 1.29 is 0 Å². The van der Waals surface area contributed by atoms with E-state index in [-0.39, 0.29) is 0 Å². The maximum Gasteiger partial charge on any atom is 0.137 e. The van der Waals surface area contributed by atoms with Crippen LogP contribution >= 0.6 is 0 Å². The third kappa shape index (κ3) is 1.12. The van der Waals surface area contributed by atoms with Gasteiger partial charge in [0.1, 0.15) is 12.2 Å². The summed E-state index contributed by atoms with van der Waals surface area (Å²) in [6.07, 6.45) is 1.76. The molecule has 0 saturated carbocycles. The van der Waals surface area contributed by atoms with E-state index >= 15 is 0 Å². The molecule has 0 radical (unpaired) electrons. The predicted molar refractivity (Wildman–Crippen MR) is 45.8 cm³/mol. The van der Waals surface area contributed by atoms with Crippen molar-refractivity contribution in [3.63, 3.8) is 0 Å². The van der Waals surface area contributed by atoms with Gasteiger partial charge in [-0.3, -0.25) is 0 Å². The number of hydrogen-bond donors (Lipinski definition) is 1. The Balaban J connectivity index is 2.24. The number of nitrogens with one attached hydrogen (secondary N) is 1. The summed E-state index contributed by atoms with van der Waals surface area (Å²) in [6, 6.07) is 0. The lowest BCUT2D eigenvalue weighted by atomic mass is 9.97. The summed E-state index contributed by atoms with van der Waals surface area (Å²) in [4.78, 5) is 0. The van der Waals surface area contributed by atoms with Crippen molar-refractivity contribution in [1.29, 1.82) is 0 Å². The van der Waals surface area contributed by atoms with Gasteiger partial charge in [-0.1, -0.05) is 6.92 Å². The van der Waals surface area contributed by atoms with Crippen molar-refractivity contribution in [3.8, 4) is 0 Å². The molecule has 1 aromatic rings. The maximum absolute atomic E-state index is 4.12. The van der Waals surface area contributed by atoms with E-state index < -0.39 is 0 Å². The third-order valence-electron chi connectivity index (χ3n) is 2.60. The summed E-state index contributed by atoms with van der Waals surface area (Å²) in [7, 11) is 2.00. The van der Waals surface area contributed by atoms with Crippen molar-refractivity contribution in [3.05, 3.63) is 12.2 Å². The maximum atomic E-state index is 4.12. The first-order valence-electron chi connectivity index (χ1n) is 4.33. The van der Waals surface area contributed by atoms with Gasteiger partial charge in [0, 0.05) is 19.5 Å². The van der Waals surface area contributed by atoms with Gasteiger partial charge in [0.05, 0.1) is 0 Å². The molecule has 1 aliphatic rings. The fourth-order valence-corrected chi connectivity index (χ4v) is 1.78. The summed E-state index contributed by atoms with van der Waals surface area (Å²) < 4.78 is 2.01. The standard InChI is InChI=1S/C8H14N4/c1-6-3-9-4-7(6)8-11-10-5-12(8)2/h5-7,9H,3-4H2,1-2H3/t6-,7-/m1/s1. The molecule has 2 rings (SSSR count). The fourth-order valence-electron chi connectivity index (χ4n) is 1.78. The van der Waals surface area contributed by atoms with E-state index in [4.69, 9.17) is 0 Å². The van der Waals surface area contributed by atoms with E-state index in [0.717, 1.165) is 18.9 Å². The Morgan fingerprint density at radius 1 is 1.58 bits per heavy atom. The van der Waals surface area contributed by atoms with Gasteiger partial charge in [-0.05, 0) is 12.5 Å². The minimum Gasteiger partial charge on any atom is -0.320 e. The number of aromatic nitrogens is 3. The molecule has 4 heteroatoms. The minimum atomic E-state index is 0.539. The third-order valence-corrected chi connectivity index (χ3v) is 2.60. The Hall–Kier alpha value is -0.900. The molecule has 0 aliphatic carbocycles. The monoisotopic (exact) mass is 166 g/mol. The Morgan fingerprint density at radius 3 is 2.92 bits per heavy atom. The molecule has 1 saturated heterocycles. The summed E-state index contributed by atoms with van der Waals surface area (Å²) >= 11 is 0. The van der Waals surface area contributed by atoms with Gasteiger partial charge >= 0.3 is 0 Å². The fraction of sp³-hybridized carbons (Fsp3) is 0.750. The topological polar surface area (TPSA) is 42.7 Å². The normalized spacial score (nSPS) is 29.5. The molecule has 2 heterocycles. The van der Waals surface area contributed by atoms with E-state index in [9.17, 15) is 0 Å². The second kappa shape index (κ2) is 2.86. The lowest BCUT2D eigenvalue weighted by Crippen LogP contribution is -2.12. The lowest BCUT2D eigenvalue weighted by molar-refractivity contribution is 0.529. The van der Waals surface area contributed by atoms with Gasteiger partial charge < -0.3 is 9.88 Å². The molecule has 1 aliphatic heterocycles. The van der Waals surface area contributed by atoms with Crippen molar-refractivity contribution in [2.45, 2.75) is 12.8 Å². The van der Waals surface area contributed by atoms with Gasteiger partial charge in [0.2, 0.25) is 0 Å². The van der Waals surface area contributed by atoms with Crippen molar-refractivity contribution >= 4 is 0 Å². The summed E-state index contributed by atoms with van der Waals surface area (Å²) in [5.41, 5.74) is 0. The molecule has 1 fully saturated rings. The molecule has 0 bridgehead atoms. The van der Waals surface area contributed by atoms with Gasteiger partial charge in [0.25, 0.3) is 0 Å². The molecule has 0 unspecified atom stereocenters. The van der Waals surface area contributed by atoms with Crippen LogP contribution in [0.1, 0.15) is 18.7 Å². The zero-order valence-corrected chi connectivity index (χ0v) is 7.49. The zero-order valence-electron chi connectivity index (χ0n) is 7.49. The first kappa shape index (κ1) is 7.73. The molecule has 0 amide bonds. The van der Waals surface area contributed by atoms with Crippen molar-refractivity contribution in [1.82, 2.24) is 20.1 Å². The molecule has 1 N–H and O–H groups in total. The second-order valence-electron chi connectivity index (χ2n) is 3.54. The van der Waals surface area contributed by atoms with Crippen LogP contribution < -0.4 is 5.32 Å². The van der Waals surface area contributed by atoms with Crippen LogP contribution in [0.2, 0.25) is 0 Å². The summed E-state index contributed by atoms with van der Waals surface area (Å²) in [5, 5.41) is 11.4. The molecule has 12 heavy (non-hydrogen) atoms. The molecule has 66 valence electrons. The number of nitrogens with zero attached hydrogens (tertiary/aromatic N) is 3. The van der Waals surface area contributed by atoms with Crippen LogP contribution in [0.5, 0.6) is 0 Å². The summed E-state index contributed by atoms with van der Waals surface area (Å²) in [5.74, 6) is 2.32. The number of rotatable bonds is 1. The zero-order chi connectivity index (χ0) is 8.55. The van der Waals surface area contributed by atoms with Crippen LogP contribution in [0.3, 0.4) is 0 Å². The Kier molecular flexibility index (Phi) is 1.84. The molecule has 1 aromatic heterocycles. The minimum absolute atomic E-state index is 0.539. The van der Waals surface area contributed by atoms with E-state index in [0.29, 0.717) is 11.8 Å². The van der Waals surface area contributed by atoms with Crippen molar-refractivity contribution in [2.75, 3.05) is 13.1 Å².